The number of ether oxygens (including phenoxy) is 2. The van der Waals surface area contributed by atoms with E-state index < -0.39 is 5.82 Å². The van der Waals surface area contributed by atoms with E-state index in [0.717, 1.165) is 6.07 Å². The van der Waals surface area contributed by atoms with Gasteiger partial charge in [0.2, 0.25) is 0 Å². The minimum atomic E-state index is -0.440. The molecule has 0 saturated carbocycles. The van der Waals surface area contributed by atoms with E-state index in [0.29, 0.717) is 18.8 Å². The van der Waals surface area contributed by atoms with E-state index in [1.807, 2.05) is 13.8 Å². The van der Waals surface area contributed by atoms with Crippen molar-refractivity contribution in [2.24, 2.45) is 0 Å². The lowest BCUT2D eigenvalue weighted by Gasteiger charge is -2.35. The molecule has 1 heterocycles. The topological polar surface area (TPSA) is 38.8 Å². The van der Waals surface area contributed by atoms with Gasteiger partial charge in [0.1, 0.15) is 11.6 Å². The van der Waals surface area contributed by atoms with Gasteiger partial charge in [-0.05, 0) is 32.0 Å². The molecule has 1 fully saturated rings. The SMILES string of the molecule is C[C@@H]1CN(C(=O)COc2ccc(F)cc2Cl)C[C@@H](C)O1. The zero-order valence-corrected chi connectivity index (χ0v) is 12.2. The van der Waals surface area contributed by atoms with Crippen molar-refractivity contribution in [3.05, 3.63) is 29.0 Å². The average Bonchev–Trinajstić information content (AvgIpc) is 2.36. The molecule has 1 aromatic carbocycles. The summed E-state index contributed by atoms with van der Waals surface area (Å²) in [5.74, 6) is -0.271. The van der Waals surface area contributed by atoms with Gasteiger partial charge < -0.3 is 14.4 Å². The molecule has 0 aliphatic carbocycles. The van der Waals surface area contributed by atoms with Crippen LogP contribution < -0.4 is 4.74 Å². The van der Waals surface area contributed by atoms with E-state index in [9.17, 15) is 9.18 Å². The first-order valence-corrected chi connectivity index (χ1v) is 6.84. The minimum absolute atomic E-state index is 0.0112. The smallest absolute Gasteiger partial charge is 0.260 e. The van der Waals surface area contributed by atoms with Crippen molar-refractivity contribution >= 4 is 17.5 Å². The highest BCUT2D eigenvalue weighted by Crippen LogP contribution is 2.24. The van der Waals surface area contributed by atoms with Crippen LogP contribution in [0.4, 0.5) is 4.39 Å². The highest BCUT2D eigenvalue weighted by molar-refractivity contribution is 6.32. The fourth-order valence-corrected chi connectivity index (χ4v) is 2.43. The molecule has 1 aliphatic rings. The van der Waals surface area contributed by atoms with Crippen LogP contribution in [0.3, 0.4) is 0 Å². The van der Waals surface area contributed by atoms with Gasteiger partial charge in [0, 0.05) is 13.1 Å². The number of benzene rings is 1. The minimum Gasteiger partial charge on any atom is -0.482 e. The predicted molar refractivity (Wildman–Crippen MR) is 73.5 cm³/mol. The number of amides is 1. The van der Waals surface area contributed by atoms with E-state index in [1.165, 1.54) is 12.1 Å². The lowest BCUT2D eigenvalue weighted by Crippen LogP contribution is -2.49. The van der Waals surface area contributed by atoms with E-state index >= 15 is 0 Å². The first kappa shape index (κ1) is 15.1. The summed E-state index contributed by atoms with van der Waals surface area (Å²) in [5, 5.41) is 0.154. The molecule has 2 atom stereocenters. The van der Waals surface area contributed by atoms with Crippen LogP contribution in [-0.2, 0) is 9.53 Å². The Morgan fingerprint density at radius 2 is 2.10 bits per heavy atom. The summed E-state index contributed by atoms with van der Waals surface area (Å²) in [5.41, 5.74) is 0. The lowest BCUT2D eigenvalue weighted by molar-refractivity contribution is -0.145. The fraction of sp³-hybridized carbons (Fsp3) is 0.500. The molecule has 0 aromatic heterocycles. The lowest BCUT2D eigenvalue weighted by atomic mass is 10.2. The zero-order chi connectivity index (χ0) is 14.7. The summed E-state index contributed by atoms with van der Waals surface area (Å²) >= 11 is 5.84. The standard InChI is InChI=1S/C14H17ClFNO3/c1-9-6-17(7-10(2)20-9)14(18)8-19-13-4-3-11(16)5-12(13)15/h3-5,9-10H,6-8H2,1-2H3/t9-,10-/m1/s1. The van der Waals surface area contributed by atoms with Crippen molar-refractivity contribution in [1.29, 1.82) is 0 Å². The van der Waals surface area contributed by atoms with Gasteiger partial charge in [-0.1, -0.05) is 11.6 Å². The normalized spacial score (nSPS) is 22.7. The van der Waals surface area contributed by atoms with Crippen molar-refractivity contribution in [2.45, 2.75) is 26.1 Å². The molecule has 0 spiro atoms. The Hall–Kier alpha value is -1.33. The monoisotopic (exact) mass is 301 g/mol. The molecule has 0 N–H and O–H groups in total. The zero-order valence-electron chi connectivity index (χ0n) is 11.4. The summed E-state index contributed by atoms with van der Waals surface area (Å²) in [6, 6.07) is 3.81. The summed E-state index contributed by atoms with van der Waals surface area (Å²) < 4.78 is 23.8. The second-order valence-electron chi connectivity index (χ2n) is 4.92. The number of carbonyl (C=O) groups is 1. The van der Waals surface area contributed by atoms with Crippen LogP contribution in [0.2, 0.25) is 5.02 Å². The first-order valence-electron chi connectivity index (χ1n) is 6.47. The van der Waals surface area contributed by atoms with Crippen molar-refractivity contribution in [3.63, 3.8) is 0 Å². The molecule has 0 unspecified atom stereocenters. The largest absolute Gasteiger partial charge is 0.482 e. The maximum Gasteiger partial charge on any atom is 0.260 e. The Labute approximate surface area is 122 Å². The molecule has 2 rings (SSSR count). The van der Waals surface area contributed by atoms with Crippen LogP contribution in [0.15, 0.2) is 18.2 Å². The molecule has 110 valence electrons. The van der Waals surface area contributed by atoms with Crippen LogP contribution >= 0.6 is 11.6 Å². The highest BCUT2D eigenvalue weighted by atomic mass is 35.5. The second kappa shape index (κ2) is 6.41. The van der Waals surface area contributed by atoms with E-state index in [2.05, 4.69) is 0 Å². The molecule has 20 heavy (non-hydrogen) atoms. The summed E-state index contributed by atoms with van der Waals surface area (Å²) in [7, 11) is 0. The van der Waals surface area contributed by atoms with Crippen LogP contribution in [-0.4, -0.2) is 42.7 Å². The predicted octanol–water partition coefficient (Wildman–Crippen LogP) is 2.49. The number of morpholine rings is 1. The molecular formula is C14H17ClFNO3. The molecule has 1 aromatic rings. The molecule has 6 heteroatoms. The Balaban J connectivity index is 1.91. The molecular weight excluding hydrogens is 285 g/mol. The first-order chi connectivity index (χ1) is 9.45. The summed E-state index contributed by atoms with van der Waals surface area (Å²) in [6.07, 6.45) is 0.0224. The van der Waals surface area contributed by atoms with E-state index in [-0.39, 0.29) is 29.7 Å². The Bertz CT molecular complexity index is 487. The van der Waals surface area contributed by atoms with Gasteiger partial charge in [0.15, 0.2) is 6.61 Å². The van der Waals surface area contributed by atoms with Crippen molar-refractivity contribution in [1.82, 2.24) is 4.90 Å². The molecule has 4 nitrogen and oxygen atoms in total. The van der Waals surface area contributed by atoms with Gasteiger partial charge in [0.05, 0.1) is 17.2 Å². The van der Waals surface area contributed by atoms with Crippen molar-refractivity contribution in [2.75, 3.05) is 19.7 Å². The molecule has 1 aliphatic heterocycles. The highest BCUT2D eigenvalue weighted by Gasteiger charge is 2.26. The molecule has 1 saturated heterocycles. The maximum atomic E-state index is 12.9. The van der Waals surface area contributed by atoms with Crippen LogP contribution in [0.1, 0.15) is 13.8 Å². The Morgan fingerprint density at radius 1 is 1.45 bits per heavy atom. The number of carbonyl (C=O) groups excluding carboxylic acids is 1. The third kappa shape index (κ3) is 3.84. The maximum absolute atomic E-state index is 12.9. The van der Waals surface area contributed by atoms with Gasteiger partial charge in [-0.15, -0.1) is 0 Å². The number of nitrogens with zero attached hydrogens (tertiary/aromatic N) is 1. The van der Waals surface area contributed by atoms with Crippen molar-refractivity contribution in [3.8, 4) is 5.75 Å². The van der Waals surface area contributed by atoms with E-state index in [4.69, 9.17) is 21.1 Å². The molecule has 1 amide bonds. The van der Waals surface area contributed by atoms with E-state index in [1.54, 1.807) is 4.90 Å². The molecule has 0 bridgehead atoms. The Morgan fingerprint density at radius 3 is 2.70 bits per heavy atom. The fourth-order valence-electron chi connectivity index (χ4n) is 2.20. The van der Waals surface area contributed by atoms with Gasteiger partial charge in [-0.2, -0.15) is 0 Å². The quantitative estimate of drug-likeness (QED) is 0.861. The average molecular weight is 302 g/mol. The van der Waals surface area contributed by atoms with Crippen LogP contribution in [0.5, 0.6) is 5.75 Å². The van der Waals surface area contributed by atoms with Crippen molar-refractivity contribution < 1.29 is 18.7 Å². The summed E-state index contributed by atoms with van der Waals surface area (Å²) in [4.78, 5) is 13.8. The second-order valence-corrected chi connectivity index (χ2v) is 5.33. The van der Waals surface area contributed by atoms with Gasteiger partial charge in [-0.25, -0.2) is 4.39 Å². The van der Waals surface area contributed by atoms with Gasteiger partial charge in [0.25, 0.3) is 5.91 Å². The third-order valence-electron chi connectivity index (χ3n) is 3.02. The van der Waals surface area contributed by atoms with Gasteiger partial charge >= 0.3 is 0 Å². The summed E-state index contributed by atoms with van der Waals surface area (Å²) in [6.45, 7) is 4.82. The number of hydrogen-bond donors (Lipinski definition) is 0. The third-order valence-corrected chi connectivity index (χ3v) is 3.31. The molecule has 0 radical (unpaired) electrons. The number of rotatable bonds is 3. The van der Waals surface area contributed by atoms with Crippen LogP contribution in [0.25, 0.3) is 0 Å². The Kier molecular flexibility index (Phi) is 4.83. The van der Waals surface area contributed by atoms with Crippen LogP contribution in [0, 0.1) is 5.82 Å². The number of halogens is 2. The number of hydrogen-bond acceptors (Lipinski definition) is 3. The van der Waals surface area contributed by atoms with Gasteiger partial charge in [-0.3, -0.25) is 4.79 Å².